The molecule has 4 rings (SSSR count). The number of alkyl carbamates (subject to hydrolysis) is 1. The van der Waals surface area contributed by atoms with Gasteiger partial charge in [0.25, 0.3) is 0 Å². The molecule has 2 aromatic rings. The van der Waals surface area contributed by atoms with Crippen molar-refractivity contribution in [1.29, 1.82) is 0 Å². The minimum atomic E-state index is -1.47. The van der Waals surface area contributed by atoms with Gasteiger partial charge in [-0.15, -0.1) is 4.68 Å². The fourth-order valence-corrected chi connectivity index (χ4v) is 5.76. The van der Waals surface area contributed by atoms with Crippen molar-refractivity contribution in [3.8, 4) is 16.9 Å². The Morgan fingerprint density at radius 3 is 2.20 bits per heavy atom. The third kappa shape index (κ3) is 10.3. The molecule has 2 atom stereocenters. The third-order valence-electron chi connectivity index (χ3n) is 8.19. The molecule has 49 heavy (non-hydrogen) atoms. The quantitative estimate of drug-likeness (QED) is 0.117. The van der Waals surface area contributed by atoms with Crippen molar-refractivity contribution in [3.63, 3.8) is 0 Å². The van der Waals surface area contributed by atoms with Crippen molar-refractivity contribution < 1.29 is 42.9 Å². The van der Waals surface area contributed by atoms with Gasteiger partial charge in [-0.05, 0) is 112 Å². The van der Waals surface area contributed by atoms with E-state index in [-0.39, 0.29) is 12.0 Å². The first-order chi connectivity index (χ1) is 22.7. The summed E-state index contributed by atoms with van der Waals surface area (Å²) < 4.78 is 27.1. The number of nitrogens with two attached hydrogens (primary N) is 1. The van der Waals surface area contributed by atoms with Gasteiger partial charge in [-0.2, -0.15) is 4.68 Å². The highest BCUT2D eigenvalue weighted by atomic mass is 16.7. The molecule has 0 bridgehead atoms. The Morgan fingerprint density at radius 1 is 0.939 bits per heavy atom. The molecule has 13 nitrogen and oxygen atoms in total. The summed E-state index contributed by atoms with van der Waals surface area (Å²) in [7, 11) is 0. The topological polar surface area (TPSA) is 147 Å². The number of fused-ring (bicyclic) bond motifs is 1. The van der Waals surface area contributed by atoms with Gasteiger partial charge in [0.1, 0.15) is 28.7 Å². The predicted molar refractivity (Wildman–Crippen MR) is 182 cm³/mol. The van der Waals surface area contributed by atoms with Crippen LogP contribution in [0, 0.1) is 5.92 Å². The van der Waals surface area contributed by atoms with Crippen LogP contribution in [-0.2, 0) is 43.4 Å². The Hall–Kier alpha value is -3.84. The van der Waals surface area contributed by atoms with E-state index in [0.29, 0.717) is 51.2 Å². The summed E-state index contributed by atoms with van der Waals surface area (Å²) in [4.78, 5) is 44.6. The average Bonchev–Trinajstić information content (AvgIpc) is 3.35. The lowest BCUT2D eigenvalue weighted by Crippen LogP contribution is -2.58. The standard InChI is InChI=1S/C36H55N5O8/c1-33(2,3)46-30(42)36(10,49-37)29-15-13-26-18-25(12-14-28(26)45-29)27-22-40(17-11-16-38-31(43)47-34(4,5)6)41(23-27)21-24-19-39(20-24)32(44)48-35(7,8)9/h12,14,18,22-24,29H,11,13,15-17,19-21,37H2,1-10H3/p+1. The van der Waals surface area contributed by atoms with Gasteiger partial charge in [0.15, 0.2) is 6.54 Å². The average molecular weight is 687 g/mol. The van der Waals surface area contributed by atoms with Crippen LogP contribution in [-0.4, -0.2) is 75.9 Å². The normalized spacial score (nSPS) is 18.0. The van der Waals surface area contributed by atoms with Crippen LogP contribution in [0.25, 0.3) is 11.1 Å². The number of amides is 2. The van der Waals surface area contributed by atoms with Crippen molar-refractivity contribution in [2.75, 3.05) is 19.6 Å². The molecule has 0 spiro atoms. The first-order valence-electron chi connectivity index (χ1n) is 17.1. The van der Waals surface area contributed by atoms with Crippen molar-refractivity contribution in [2.45, 2.75) is 130 Å². The van der Waals surface area contributed by atoms with E-state index < -0.39 is 40.6 Å². The van der Waals surface area contributed by atoms with Gasteiger partial charge in [0.05, 0.1) is 24.2 Å². The number of hydrogen-bond donors (Lipinski definition) is 2. The Labute approximate surface area is 290 Å². The Morgan fingerprint density at radius 2 is 1.59 bits per heavy atom. The summed E-state index contributed by atoms with van der Waals surface area (Å²) in [6.07, 6.45) is 4.75. The number of carbonyl (C=O) groups excluding carboxylic acids is 3. The van der Waals surface area contributed by atoms with Crippen LogP contribution in [0.4, 0.5) is 9.59 Å². The molecule has 2 unspecified atom stereocenters. The lowest BCUT2D eigenvalue weighted by molar-refractivity contribution is -0.781. The SMILES string of the molecule is CC(C)(C)OC(=O)NCCCn1cc(-c2ccc3c(c2)CCC(C(C)(ON)C(=O)OC(C)(C)C)O3)c[n+]1CC1CN(C(=O)OC(C)(C)C)C1. The summed E-state index contributed by atoms with van der Waals surface area (Å²) in [6.45, 7) is 21.2. The number of ether oxygens (including phenoxy) is 4. The molecule has 3 heterocycles. The van der Waals surface area contributed by atoms with E-state index in [0.717, 1.165) is 23.2 Å². The molecule has 1 saturated heterocycles. The molecule has 272 valence electrons. The maximum absolute atomic E-state index is 13.0. The zero-order valence-electron chi connectivity index (χ0n) is 30.9. The third-order valence-corrected chi connectivity index (χ3v) is 8.19. The van der Waals surface area contributed by atoms with E-state index >= 15 is 0 Å². The highest BCUT2D eigenvalue weighted by Crippen LogP contribution is 2.36. The van der Waals surface area contributed by atoms with Gasteiger partial charge in [-0.25, -0.2) is 20.3 Å². The van der Waals surface area contributed by atoms with E-state index in [2.05, 4.69) is 33.1 Å². The van der Waals surface area contributed by atoms with Gasteiger partial charge in [-0.1, -0.05) is 6.07 Å². The summed E-state index contributed by atoms with van der Waals surface area (Å²) >= 11 is 0. The number of benzene rings is 1. The molecule has 2 aliphatic heterocycles. The molecule has 0 radical (unpaired) electrons. The first kappa shape index (κ1) is 38.0. The van der Waals surface area contributed by atoms with Crippen molar-refractivity contribution in [1.82, 2.24) is 14.9 Å². The zero-order chi connectivity index (χ0) is 36.4. The largest absolute Gasteiger partial charge is 0.486 e. The van der Waals surface area contributed by atoms with Crippen molar-refractivity contribution >= 4 is 18.2 Å². The molecule has 2 amide bonds. The van der Waals surface area contributed by atoms with Gasteiger partial charge < -0.3 is 29.2 Å². The van der Waals surface area contributed by atoms with Crippen LogP contribution in [0.1, 0.15) is 87.6 Å². The highest BCUT2D eigenvalue weighted by molar-refractivity contribution is 5.80. The monoisotopic (exact) mass is 686 g/mol. The van der Waals surface area contributed by atoms with Crippen LogP contribution >= 0.6 is 0 Å². The zero-order valence-corrected chi connectivity index (χ0v) is 30.9. The Bertz CT molecular complexity index is 1500. The molecule has 1 aromatic carbocycles. The van der Waals surface area contributed by atoms with E-state index in [4.69, 9.17) is 29.7 Å². The number of nitrogens with zero attached hydrogens (tertiary/aromatic N) is 3. The minimum Gasteiger partial charge on any atom is -0.486 e. The fourth-order valence-electron chi connectivity index (χ4n) is 5.76. The summed E-state index contributed by atoms with van der Waals surface area (Å²) in [6, 6.07) is 6.03. The first-order valence-corrected chi connectivity index (χ1v) is 17.1. The summed E-state index contributed by atoms with van der Waals surface area (Å²) in [5.74, 6) is 6.01. The highest BCUT2D eigenvalue weighted by Gasteiger charge is 2.48. The van der Waals surface area contributed by atoms with Crippen molar-refractivity contribution in [3.05, 3.63) is 36.2 Å². The molecule has 13 heteroatoms. The number of likely N-dealkylation sites (tertiary alicyclic amines) is 1. The summed E-state index contributed by atoms with van der Waals surface area (Å²) in [5, 5.41) is 2.84. The van der Waals surface area contributed by atoms with Crippen LogP contribution in [0.15, 0.2) is 30.6 Å². The number of rotatable bonds is 10. The molecule has 0 aliphatic carbocycles. The van der Waals surface area contributed by atoms with E-state index in [1.165, 1.54) is 0 Å². The van der Waals surface area contributed by atoms with Gasteiger partial charge in [0.2, 0.25) is 11.8 Å². The fraction of sp³-hybridized carbons (Fsp3) is 0.667. The van der Waals surface area contributed by atoms with Gasteiger partial charge >= 0.3 is 18.2 Å². The lowest BCUT2D eigenvalue weighted by atomic mass is 9.89. The molecule has 1 aromatic heterocycles. The number of hydrogen-bond acceptors (Lipinski definition) is 9. The second kappa shape index (κ2) is 14.6. The number of esters is 1. The number of carbonyl (C=O) groups is 3. The predicted octanol–water partition coefficient (Wildman–Crippen LogP) is 4.91. The van der Waals surface area contributed by atoms with E-state index in [1.54, 1.807) is 32.6 Å². The van der Waals surface area contributed by atoms with Crippen LogP contribution in [0.2, 0.25) is 0 Å². The summed E-state index contributed by atoms with van der Waals surface area (Å²) in [5.41, 5.74) is -0.196. The molecule has 3 N–H and O–H groups in total. The number of aryl methyl sites for hydroxylation is 2. The maximum atomic E-state index is 13.0. The lowest BCUT2D eigenvalue weighted by Gasteiger charge is -2.38. The second-order valence-electron chi connectivity index (χ2n) is 16.2. The minimum absolute atomic E-state index is 0.275. The number of aromatic nitrogens is 2. The second-order valence-corrected chi connectivity index (χ2v) is 16.2. The molecule has 2 aliphatic rings. The maximum Gasteiger partial charge on any atom is 0.410 e. The molecule has 1 fully saturated rings. The van der Waals surface area contributed by atoms with Crippen LogP contribution < -0.4 is 20.6 Å². The van der Waals surface area contributed by atoms with Gasteiger partial charge in [0, 0.05) is 19.6 Å². The molecular weight excluding hydrogens is 630 g/mol. The smallest absolute Gasteiger partial charge is 0.410 e. The Balaban J connectivity index is 1.48. The van der Waals surface area contributed by atoms with E-state index in [1.807, 2.05) is 53.7 Å². The number of nitrogens with one attached hydrogen (secondary N) is 1. The Kier molecular flexibility index (Phi) is 11.3. The van der Waals surface area contributed by atoms with E-state index in [9.17, 15) is 14.4 Å². The van der Waals surface area contributed by atoms with Gasteiger partial charge in [-0.3, -0.25) is 4.84 Å². The molecule has 0 saturated carbocycles. The molecular formula is C36H56N5O8+. The van der Waals surface area contributed by atoms with Crippen LogP contribution in [0.3, 0.4) is 0 Å². The van der Waals surface area contributed by atoms with Crippen LogP contribution in [0.5, 0.6) is 5.75 Å². The van der Waals surface area contributed by atoms with Crippen molar-refractivity contribution in [2.24, 2.45) is 11.8 Å².